The second-order valence-electron chi connectivity index (χ2n) is 5.71. The fourth-order valence-electron chi connectivity index (χ4n) is 2.72. The molecule has 0 saturated carbocycles. The maximum Gasteiger partial charge on any atom is 0.309 e. The number of hydrazine groups is 1. The molecule has 1 aromatic carbocycles. The standard InChI is InChI=1S/C16H20BrN3O4/c1-24-16(23)11-6-8-20(9-7-11)10-14(21)18-19-15(22)12-4-2-3-5-13(12)17/h2-5,11H,6-10H2,1H3,(H,18,21)(H,19,22)/p+1. The molecular weight excluding hydrogens is 378 g/mol. The lowest BCUT2D eigenvalue weighted by atomic mass is 9.97. The average molecular weight is 399 g/mol. The smallest absolute Gasteiger partial charge is 0.309 e. The minimum Gasteiger partial charge on any atom is -0.469 e. The summed E-state index contributed by atoms with van der Waals surface area (Å²) >= 11 is 3.29. The molecule has 0 radical (unpaired) electrons. The van der Waals surface area contributed by atoms with Crippen LogP contribution in [0, 0.1) is 5.92 Å². The van der Waals surface area contributed by atoms with Crippen molar-refractivity contribution in [1.82, 2.24) is 10.9 Å². The number of ether oxygens (including phenoxy) is 1. The van der Waals surface area contributed by atoms with Crippen LogP contribution in [0.1, 0.15) is 23.2 Å². The van der Waals surface area contributed by atoms with Crippen molar-refractivity contribution in [2.75, 3.05) is 26.7 Å². The zero-order chi connectivity index (χ0) is 17.5. The minimum atomic E-state index is -0.379. The molecule has 2 rings (SSSR count). The van der Waals surface area contributed by atoms with Crippen molar-refractivity contribution in [1.29, 1.82) is 0 Å². The van der Waals surface area contributed by atoms with Gasteiger partial charge < -0.3 is 9.64 Å². The van der Waals surface area contributed by atoms with Crippen LogP contribution in [0.3, 0.4) is 0 Å². The highest BCUT2D eigenvalue weighted by atomic mass is 79.9. The number of hydrogen-bond acceptors (Lipinski definition) is 4. The Balaban J connectivity index is 1.73. The molecule has 1 aliphatic heterocycles. The van der Waals surface area contributed by atoms with Gasteiger partial charge in [-0.1, -0.05) is 12.1 Å². The van der Waals surface area contributed by atoms with E-state index >= 15 is 0 Å². The number of methoxy groups -OCH3 is 1. The molecule has 1 saturated heterocycles. The molecule has 0 aromatic heterocycles. The van der Waals surface area contributed by atoms with Gasteiger partial charge >= 0.3 is 5.97 Å². The zero-order valence-corrected chi connectivity index (χ0v) is 15.0. The molecule has 2 amide bonds. The van der Waals surface area contributed by atoms with E-state index in [1.165, 1.54) is 7.11 Å². The quantitative estimate of drug-likeness (QED) is 0.478. The lowest BCUT2D eigenvalue weighted by Gasteiger charge is -2.27. The fraction of sp³-hybridized carbons (Fsp3) is 0.438. The van der Waals surface area contributed by atoms with Gasteiger partial charge in [-0.05, 0) is 28.1 Å². The third-order valence-corrected chi connectivity index (χ3v) is 4.76. The number of carbonyl (C=O) groups is 3. The van der Waals surface area contributed by atoms with Crippen LogP contribution >= 0.6 is 15.9 Å². The van der Waals surface area contributed by atoms with Crippen molar-refractivity contribution in [3.63, 3.8) is 0 Å². The summed E-state index contributed by atoms with van der Waals surface area (Å²) in [6.07, 6.45) is 1.41. The predicted octanol–water partition coefficient (Wildman–Crippen LogP) is -0.322. The Kier molecular flexibility index (Phi) is 6.74. The number of esters is 1. The molecule has 0 unspecified atom stereocenters. The Morgan fingerprint density at radius 1 is 1.21 bits per heavy atom. The molecule has 0 bridgehead atoms. The van der Waals surface area contributed by atoms with E-state index in [1.54, 1.807) is 24.3 Å². The Hall–Kier alpha value is -1.93. The summed E-state index contributed by atoms with van der Waals surface area (Å²) in [7, 11) is 1.39. The van der Waals surface area contributed by atoms with E-state index in [-0.39, 0.29) is 30.2 Å². The van der Waals surface area contributed by atoms with Crippen molar-refractivity contribution in [3.05, 3.63) is 34.3 Å². The summed E-state index contributed by atoms with van der Waals surface area (Å²) in [5, 5.41) is 0. The molecule has 0 aliphatic carbocycles. The predicted molar refractivity (Wildman–Crippen MR) is 90.1 cm³/mol. The van der Waals surface area contributed by atoms with Crippen LogP contribution in [-0.4, -0.2) is 44.5 Å². The van der Waals surface area contributed by atoms with Crippen LogP contribution in [0.2, 0.25) is 0 Å². The Morgan fingerprint density at radius 3 is 2.50 bits per heavy atom. The highest BCUT2D eigenvalue weighted by Gasteiger charge is 2.29. The monoisotopic (exact) mass is 398 g/mol. The van der Waals surface area contributed by atoms with E-state index in [0.717, 1.165) is 18.0 Å². The highest BCUT2D eigenvalue weighted by Crippen LogP contribution is 2.15. The number of piperidine rings is 1. The van der Waals surface area contributed by atoms with E-state index in [1.807, 2.05) is 0 Å². The third-order valence-electron chi connectivity index (χ3n) is 4.07. The molecule has 0 spiro atoms. The van der Waals surface area contributed by atoms with E-state index in [9.17, 15) is 14.4 Å². The number of likely N-dealkylation sites (tertiary alicyclic amines) is 1. The molecule has 1 aliphatic rings. The first-order valence-corrected chi connectivity index (χ1v) is 8.55. The minimum absolute atomic E-state index is 0.0723. The van der Waals surface area contributed by atoms with Gasteiger partial charge in [0.05, 0.1) is 31.7 Å². The summed E-state index contributed by atoms with van der Waals surface area (Å²) in [5.74, 6) is -0.895. The van der Waals surface area contributed by atoms with Gasteiger partial charge in [-0.2, -0.15) is 0 Å². The first-order valence-electron chi connectivity index (χ1n) is 7.76. The van der Waals surface area contributed by atoms with E-state index in [0.29, 0.717) is 22.9 Å². The number of hydrogen-bond donors (Lipinski definition) is 3. The van der Waals surface area contributed by atoms with E-state index < -0.39 is 0 Å². The van der Waals surface area contributed by atoms with Gasteiger partial charge in [0.25, 0.3) is 11.8 Å². The topological polar surface area (TPSA) is 88.9 Å². The van der Waals surface area contributed by atoms with Gasteiger partial charge in [0, 0.05) is 17.3 Å². The van der Waals surface area contributed by atoms with Crippen LogP contribution in [0.4, 0.5) is 0 Å². The maximum absolute atomic E-state index is 12.0. The number of amides is 2. The fourth-order valence-corrected chi connectivity index (χ4v) is 3.18. The van der Waals surface area contributed by atoms with Crippen molar-refractivity contribution in [2.45, 2.75) is 12.8 Å². The lowest BCUT2D eigenvalue weighted by molar-refractivity contribution is -0.897. The average Bonchev–Trinajstić information content (AvgIpc) is 2.60. The van der Waals surface area contributed by atoms with Gasteiger partial charge in [-0.15, -0.1) is 0 Å². The lowest BCUT2D eigenvalue weighted by Crippen LogP contribution is -3.14. The van der Waals surface area contributed by atoms with Crippen LogP contribution in [-0.2, 0) is 14.3 Å². The molecule has 0 atom stereocenters. The molecular formula is C16H21BrN3O4+. The van der Waals surface area contributed by atoms with Gasteiger partial charge in [0.15, 0.2) is 6.54 Å². The summed E-state index contributed by atoms with van der Waals surface area (Å²) in [4.78, 5) is 36.5. The van der Waals surface area contributed by atoms with Crippen molar-refractivity contribution < 1.29 is 24.0 Å². The third kappa shape index (κ3) is 5.04. The number of quaternary nitrogens is 1. The first kappa shape index (κ1) is 18.4. The Labute approximate surface area is 148 Å². The highest BCUT2D eigenvalue weighted by molar-refractivity contribution is 9.10. The summed E-state index contributed by atoms with van der Waals surface area (Å²) in [6, 6.07) is 6.97. The van der Waals surface area contributed by atoms with Crippen LogP contribution in [0.5, 0.6) is 0 Å². The molecule has 3 N–H and O–H groups in total. The first-order chi connectivity index (χ1) is 11.5. The Bertz CT molecular complexity index is 615. The molecule has 1 fully saturated rings. The number of nitrogens with one attached hydrogen (secondary N) is 3. The zero-order valence-electron chi connectivity index (χ0n) is 13.4. The molecule has 1 aromatic rings. The number of halogens is 1. The normalized spacial score (nSPS) is 20.1. The van der Waals surface area contributed by atoms with E-state index in [4.69, 9.17) is 4.74 Å². The van der Waals surface area contributed by atoms with Crippen molar-refractivity contribution in [3.8, 4) is 0 Å². The molecule has 1 heterocycles. The van der Waals surface area contributed by atoms with Gasteiger partial charge in [0.2, 0.25) is 0 Å². The maximum atomic E-state index is 12.0. The largest absolute Gasteiger partial charge is 0.469 e. The molecule has 7 nitrogen and oxygen atoms in total. The summed E-state index contributed by atoms with van der Waals surface area (Å²) < 4.78 is 5.40. The number of carbonyl (C=O) groups excluding carboxylic acids is 3. The molecule has 8 heteroatoms. The van der Waals surface area contributed by atoms with Crippen LogP contribution in [0.25, 0.3) is 0 Å². The summed E-state index contributed by atoms with van der Waals surface area (Å²) in [6.45, 7) is 1.71. The molecule has 24 heavy (non-hydrogen) atoms. The van der Waals surface area contributed by atoms with Crippen molar-refractivity contribution >= 4 is 33.7 Å². The second kappa shape index (κ2) is 8.79. The van der Waals surface area contributed by atoms with Crippen molar-refractivity contribution in [2.24, 2.45) is 5.92 Å². The molecule has 130 valence electrons. The van der Waals surface area contributed by atoms with Gasteiger partial charge in [0.1, 0.15) is 0 Å². The van der Waals surface area contributed by atoms with Crippen LogP contribution < -0.4 is 15.8 Å². The number of benzene rings is 1. The Morgan fingerprint density at radius 2 is 1.88 bits per heavy atom. The van der Waals surface area contributed by atoms with Crippen LogP contribution in [0.15, 0.2) is 28.7 Å². The SMILES string of the molecule is COC(=O)C1CC[NH+](CC(=O)NNC(=O)c2ccccc2Br)CC1. The second-order valence-corrected chi connectivity index (χ2v) is 6.56. The van der Waals surface area contributed by atoms with Gasteiger partial charge in [-0.25, -0.2) is 0 Å². The van der Waals surface area contributed by atoms with E-state index in [2.05, 4.69) is 26.8 Å². The van der Waals surface area contributed by atoms with Gasteiger partial charge in [-0.3, -0.25) is 25.2 Å². The summed E-state index contributed by atoms with van der Waals surface area (Å²) in [5.41, 5.74) is 5.29. The number of rotatable bonds is 4.